The van der Waals surface area contributed by atoms with Crippen LogP contribution in [0.25, 0.3) is 10.9 Å². The summed E-state index contributed by atoms with van der Waals surface area (Å²) in [6, 6.07) is 13.3. The van der Waals surface area contributed by atoms with Crippen molar-refractivity contribution in [3.8, 4) is 6.07 Å². The van der Waals surface area contributed by atoms with Crippen LogP contribution in [-0.2, 0) is 10.2 Å². The molecule has 0 amide bonds. The molecule has 3 aromatic rings. The van der Waals surface area contributed by atoms with Gasteiger partial charge in [-0.3, -0.25) is 0 Å². The molecule has 30 heavy (non-hydrogen) atoms. The fraction of sp³-hybridized carbons (Fsp3) is 0.400. The molecule has 0 bridgehead atoms. The molecule has 1 N–H and O–H groups in total. The molecule has 156 valence electrons. The maximum atomic E-state index is 13.5. The summed E-state index contributed by atoms with van der Waals surface area (Å²) in [5.41, 5.74) is 4.81. The van der Waals surface area contributed by atoms with Gasteiger partial charge in [0.2, 0.25) is 0 Å². The molecule has 1 fully saturated rings. The fourth-order valence-electron chi connectivity index (χ4n) is 4.56. The molecule has 4 rings (SSSR count). The second-order valence-corrected chi connectivity index (χ2v) is 8.63. The molecular weight excluding hydrogens is 377 g/mol. The second-order valence-electron chi connectivity index (χ2n) is 8.63. The third-order valence-corrected chi connectivity index (χ3v) is 6.53. The Balaban J connectivity index is 1.61. The van der Waals surface area contributed by atoms with E-state index in [4.69, 9.17) is 4.74 Å². The van der Waals surface area contributed by atoms with Gasteiger partial charge in [0.05, 0.1) is 23.8 Å². The molecule has 5 heteroatoms. The number of halogens is 1. The van der Waals surface area contributed by atoms with Crippen LogP contribution in [0.5, 0.6) is 0 Å². The Bertz CT molecular complexity index is 1070. The first kappa shape index (κ1) is 20.6. The summed E-state index contributed by atoms with van der Waals surface area (Å²) in [6.45, 7) is 6.67. The zero-order valence-electron chi connectivity index (χ0n) is 17.8. The smallest absolute Gasteiger partial charge is 0.123 e. The zero-order valence-corrected chi connectivity index (χ0v) is 17.8. The molecule has 1 atom stereocenters. The van der Waals surface area contributed by atoms with Crippen LogP contribution < -0.4 is 0 Å². The summed E-state index contributed by atoms with van der Waals surface area (Å²) in [7, 11) is 2.14. The second kappa shape index (κ2) is 8.22. The molecule has 1 unspecified atom stereocenters. The standard InChI is InChI=1S/C25H28FN3O/c1-17-12-22(24-23(13-17)19(14-27)15-28-24)18(2)30-16-25(8-10-29(3)11-9-25)20-4-6-21(26)7-5-20/h4-7,12-13,15,18,28H,8-11,16H2,1-3H3. The van der Waals surface area contributed by atoms with E-state index in [-0.39, 0.29) is 17.3 Å². The van der Waals surface area contributed by atoms with E-state index in [1.54, 1.807) is 18.3 Å². The molecule has 1 aliphatic rings. The largest absolute Gasteiger partial charge is 0.373 e. The normalized spacial score (nSPS) is 17.7. The van der Waals surface area contributed by atoms with Crippen molar-refractivity contribution < 1.29 is 9.13 Å². The number of hydrogen-bond acceptors (Lipinski definition) is 3. The van der Waals surface area contributed by atoms with Crippen LogP contribution in [0.4, 0.5) is 4.39 Å². The molecule has 4 nitrogen and oxygen atoms in total. The van der Waals surface area contributed by atoms with Crippen LogP contribution in [0.15, 0.2) is 42.6 Å². The minimum Gasteiger partial charge on any atom is -0.373 e. The summed E-state index contributed by atoms with van der Waals surface area (Å²) >= 11 is 0. The van der Waals surface area contributed by atoms with Crippen LogP contribution >= 0.6 is 0 Å². The summed E-state index contributed by atoms with van der Waals surface area (Å²) in [5.74, 6) is -0.210. The van der Waals surface area contributed by atoms with Crippen molar-refractivity contribution in [1.82, 2.24) is 9.88 Å². The van der Waals surface area contributed by atoms with Crippen molar-refractivity contribution in [2.75, 3.05) is 26.7 Å². The molecular formula is C25H28FN3O. The number of rotatable bonds is 5. The van der Waals surface area contributed by atoms with Gasteiger partial charge in [0.25, 0.3) is 0 Å². The maximum absolute atomic E-state index is 13.5. The van der Waals surface area contributed by atoms with E-state index < -0.39 is 0 Å². The number of nitrogens with one attached hydrogen (secondary N) is 1. The van der Waals surface area contributed by atoms with Gasteiger partial charge in [-0.15, -0.1) is 0 Å². The quantitative estimate of drug-likeness (QED) is 0.632. The highest BCUT2D eigenvalue weighted by molar-refractivity contribution is 5.89. The van der Waals surface area contributed by atoms with Gasteiger partial charge >= 0.3 is 0 Å². The first-order valence-electron chi connectivity index (χ1n) is 10.5. The van der Waals surface area contributed by atoms with Gasteiger partial charge in [0.15, 0.2) is 0 Å². The van der Waals surface area contributed by atoms with Crippen molar-refractivity contribution in [3.05, 3.63) is 70.7 Å². The Hall–Kier alpha value is -2.68. The first-order valence-corrected chi connectivity index (χ1v) is 10.5. The Labute approximate surface area is 177 Å². The molecule has 0 aliphatic carbocycles. The first-order chi connectivity index (χ1) is 14.4. The lowest BCUT2D eigenvalue weighted by atomic mass is 9.73. The SMILES string of the molecule is Cc1cc(C(C)OCC2(c3ccc(F)cc3)CCN(C)CC2)c2[nH]cc(C#N)c2c1. The number of nitrogens with zero attached hydrogens (tertiary/aromatic N) is 2. The third-order valence-electron chi connectivity index (χ3n) is 6.53. The molecule has 1 aliphatic heterocycles. The minimum atomic E-state index is -0.210. The third kappa shape index (κ3) is 3.86. The summed E-state index contributed by atoms with van der Waals surface area (Å²) < 4.78 is 20.0. The average molecular weight is 406 g/mol. The Morgan fingerprint density at radius 1 is 1.23 bits per heavy atom. The number of nitriles is 1. The van der Waals surface area contributed by atoms with Crippen molar-refractivity contribution >= 4 is 10.9 Å². The van der Waals surface area contributed by atoms with Crippen molar-refractivity contribution in [2.45, 2.75) is 38.2 Å². The lowest BCUT2D eigenvalue weighted by molar-refractivity contribution is 0.00695. The zero-order chi connectivity index (χ0) is 21.3. The van der Waals surface area contributed by atoms with Crippen molar-refractivity contribution in [1.29, 1.82) is 5.26 Å². The number of hydrogen-bond donors (Lipinski definition) is 1. The van der Waals surface area contributed by atoms with E-state index >= 15 is 0 Å². The Morgan fingerprint density at radius 3 is 2.60 bits per heavy atom. The van der Waals surface area contributed by atoms with E-state index in [2.05, 4.69) is 36.0 Å². The van der Waals surface area contributed by atoms with Gasteiger partial charge in [-0.1, -0.05) is 18.2 Å². The maximum Gasteiger partial charge on any atom is 0.123 e. The van der Waals surface area contributed by atoms with Crippen molar-refractivity contribution in [3.63, 3.8) is 0 Å². The van der Waals surface area contributed by atoms with Crippen LogP contribution in [0, 0.1) is 24.1 Å². The lowest BCUT2D eigenvalue weighted by Gasteiger charge is -2.41. The van der Waals surface area contributed by atoms with Gasteiger partial charge in [0.1, 0.15) is 11.9 Å². The summed E-state index contributed by atoms with van der Waals surface area (Å²) in [5, 5.41) is 10.3. The molecule has 0 saturated carbocycles. The van der Waals surface area contributed by atoms with E-state index in [0.717, 1.165) is 53.5 Å². The highest BCUT2D eigenvalue weighted by atomic mass is 19.1. The van der Waals surface area contributed by atoms with Gasteiger partial charge in [0, 0.05) is 22.6 Å². The number of piperidine rings is 1. The van der Waals surface area contributed by atoms with E-state index in [0.29, 0.717) is 12.2 Å². The average Bonchev–Trinajstić information content (AvgIpc) is 3.16. The number of aromatic nitrogens is 1. The molecule has 2 heterocycles. The molecule has 1 saturated heterocycles. The predicted molar refractivity (Wildman–Crippen MR) is 117 cm³/mol. The van der Waals surface area contributed by atoms with Crippen LogP contribution in [0.2, 0.25) is 0 Å². The van der Waals surface area contributed by atoms with E-state index in [1.807, 2.05) is 25.1 Å². The summed E-state index contributed by atoms with van der Waals surface area (Å²) in [6.07, 6.45) is 3.59. The minimum absolute atomic E-state index is 0.120. The fourth-order valence-corrected chi connectivity index (χ4v) is 4.56. The number of ether oxygens (including phenoxy) is 1. The lowest BCUT2D eigenvalue weighted by Crippen LogP contribution is -2.44. The number of fused-ring (bicyclic) bond motifs is 1. The van der Waals surface area contributed by atoms with Crippen LogP contribution in [0.3, 0.4) is 0 Å². The van der Waals surface area contributed by atoms with Gasteiger partial charge in [-0.25, -0.2) is 4.39 Å². The molecule has 0 radical (unpaired) electrons. The van der Waals surface area contributed by atoms with Gasteiger partial charge in [-0.05, 0) is 76.2 Å². The van der Waals surface area contributed by atoms with Crippen LogP contribution in [-0.4, -0.2) is 36.6 Å². The van der Waals surface area contributed by atoms with Gasteiger partial charge in [-0.2, -0.15) is 5.26 Å². The highest BCUT2D eigenvalue weighted by Gasteiger charge is 2.36. The molecule has 0 spiro atoms. The number of likely N-dealkylation sites (tertiary alicyclic amines) is 1. The summed E-state index contributed by atoms with van der Waals surface area (Å²) in [4.78, 5) is 5.59. The van der Waals surface area contributed by atoms with E-state index in [9.17, 15) is 9.65 Å². The van der Waals surface area contributed by atoms with Crippen molar-refractivity contribution in [2.24, 2.45) is 0 Å². The van der Waals surface area contributed by atoms with Gasteiger partial charge < -0.3 is 14.6 Å². The number of H-pyrrole nitrogens is 1. The monoisotopic (exact) mass is 405 g/mol. The topological polar surface area (TPSA) is 52.0 Å². The number of benzene rings is 2. The Kier molecular flexibility index (Phi) is 5.64. The van der Waals surface area contributed by atoms with Crippen LogP contribution in [0.1, 0.15) is 48.1 Å². The number of aryl methyl sites for hydroxylation is 1. The number of aromatic amines is 1. The molecule has 2 aromatic carbocycles. The van der Waals surface area contributed by atoms with E-state index in [1.165, 1.54) is 0 Å². The molecule has 1 aromatic heterocycles. The highest BCUT2D eigenvalue weighted by Crippen LogP contribution is 2.38. The Morgan fingerprint density at radius 2 is 1.93 bits per heavy atom. The predicted octanol–water partition coefficient (Wildman–Crippen LogP) is 5.23.